The molecule has 2 aliphatic heterocycles. The zero-order valence-corrected chi connectivity index (χ0v) is 20.9. The molecule has 0 N–H and O–H groups in total. The number of rotatable bonds is 4. The number of piperidine rings is 1. The Morgan fingerprint density at radius 1 is 1.00 bits per heavy atom. The van der Waals surface area contributed by atoms with Gasteiger partial charge in [0.1, 0.15) is 11.3 Å². The van der Waals surface area contributed by atoms with Crippen LogP contribution in [0.2, 0.25) is 5.02 Å². The van der Waals surface area contributed by atoms with Gasteiger partial charge < -0.3 is 14.5 Å². The molecule has 9 heteroatoms. The fourth-order valence-electron chi connectivity index (χ4n) is 5.37. The van der Waals surface area contributed by atoms with Crippen LogP contribution in [0.1, 0.15) is 37.4 Å². The predicted octanol–water partition coefficient (Wildman–Crippen LogP) is 4.42. The van der Waals surface area contributed by atoms with Gasteiger partial charge in [-0.1, -0.05) is 17.7 Å². The zero-order valence-electron chi connectivity index (χ0n) is 20.2. The van der Waals surface area contributed by atoms with Crippen molar-refractivity contribution in [2.45, 2.75) is 37.6 Å². The van der Waals surface area contributed by atoms with Gasteiger partial charge in [-0.05, 0) is 64.0 Å². The van der Waals surface area contributed by atoms with E-state index in [1.807, 2.05) is 18.2 Å². The van der Waals surface area contributed by atoms with E-state index in [1.165, 1.54) is 0 Å². The van der Waals surface area contributed by atoms with E-state index in [9.17, 15) is 0 Å². The number of halogens is 1. The summed E-state index contributed by atoms with van der Waals surface area (Å²) in [6.45, 7) is 3.53. The lowest BCUT2D eigenvalue weighted by molar-refractivity contribution is 0.0834. The molecule has 182 valence electrons. The molecule has 0 bridgehead atoms. The van der Waals surface area contributed by atoms with E-state index in [0.717, 1.165) is 96.6 Å². The molecule has 0 saturated carbocycles. The van der Waals surface area contributed by atoms with Crippen LogP contribution in [0.5, 0.6) is 0 Å². The molecule has 2 saturated heterocycles. The first kappa shape index (κ1) is 22.6. The second-order valence-corrected chi connectivity index (χ2v) is 10.2. The first-order valence-corrected chi connectivity index (χ1v) is 12.8. The van der Waals surface area contributed by atoms with Crippen molar-refractivity contribution in [1.82, 2.24) is 29.5 Å². The summed E-state index contributed by atoms with van der Waals surface area (Å²) in [5.74, 6) is 1.25. The summed E-state index contributed by atoms with van der Waals surface area (Å²) in [6, 6.07) is 10.9. The molecular weight excluding hydrogens is 462 g/mol. The Hall–Kier alpha value is -2.81. The third-order valence-electron chi connectivity index (χ3n) is 7.46. The summed E-state index contributed by atoms with van der Waals surface area (Å²) in [5, 5.41) is 9.65. The molecule has 0 radical (unpaired) electrons. The molecule has 35 heavy (non-hydrogen) atoms. The lowest BCUT2D eigenvalue weighted by Crippen LogP contribution is -2.42. The Labute approximate surface area is 209 Å². The number of benzene rings is 1. The van der Waals surface area contributed by atoms with E-state index in [1.54, 1.807) is 6.20 Å². The van der Waals surface area contributed by atoms with Crippen molar-refractivity contribution in [2.24, 2.45) is 0 Å². The molecule has 2 aliphatic rings. The summed E-state index contributed by atoms with van der Waals surface area (Å²) in [4.78, 5) is 14.3. The minimum atomic E-state index is 0.306. The molecule has 6 rings (SSSR count). The van der Waals surface area contributed by atoms with Gasteiger partial charge in [-0.25, -0.2) is 9.97 Å². The first-order chi connectivity index (χ1) is 17.1. The first-order valence-electron chi connectivity index (χ1n) is 12.4. The fraction of sp³-hybridized carbons (Fsp3) is 0.462. The van der Waals surface area contributed by atoms with Gasteiger partial charge in [-0.3, -0.25) is 4.40 Å². The standard InChI is InChI=1S/C26H30ClN7O/c1-32(2)19-7-11-33(12-8-19)23-6-3-18(15-20(23)27)21-4-5-22-26(29-21)34-24(16-28-22)30-31-25(34)17-9-13-35-14-10-17/h3-6,15-17,19H,7-14H2,1-2H3. The highest BCUT2D eigenvalue weighted by atomic mass is 35.5. The Morgan fingerprint density at radius 3 is 2.54 bits per heavy atom. The number of pyridine rings is 1. The second kappa shape index (κ2) is 9.33. The monoisotopic (exact) mass is 491 g/mol. The number of nitrogens with zero attached hydrogens (tertiary/aromatic N) is 7. The van der Waals surface area contributed by atoms with E-state index < -0.39 is 0 Å². The highest BCUT2D eigenvalue weighted by molar-refractivity contribution is 6.33. The van der Waals surface area contributed by atoms with Gasteiger partial charge >= 0.3 is 0 Å². The molecule has 3 aromatic heterocycles. The van der Waals surface area contributed by atoms with Gasteiger partial charge in [0.05, 0.1) is 22.6 Å². The van der Waals surface area contributed by atoms with Gasteiger partial charge in [0.15, 0.2) is 11.3 Å². The normalized spacial score (nSPS) is 18.2. The van der Waals surface area contributed by atoms with Crippen LogP contribution in [0, 0.1) is 0 Å². The lowest BCUT2D eigenvalue weighted by atomic mass is 9.99. The van der Waals surface area contributed by atoms with Crippen molar-refractivity contribution in [1.29, 1.82) is 0 Å². The largest absolute Gasteiger partial charge is 0.381 e. The molecule has 0 atom stereocenters. The van der Waals surface area contributed by atoms with Crippen LogP contribution in [0.4, 0.5) is 5.69 Å². The van der Waals surface area contributed by atoms with Crippen molar-refractivity contribution < 1.29 is 4.74 Å². The third-order valence-corrected chi connectivity index (χ3v) is 7.77. The van der Waals surface area contributed by atoms with Crippen LogP contribution in [-0.2, 0) is 4.74 Å². The Bertz CT molecular complexity index is 1360. The quantitative estimate of drug-likeness (QED) is 0.418. The molecule has 1 aromatic carbocycles. The highest BCUT2D eigenvalue weighted by Crippen LogP contribution is 2.34. The average molecular weight is 492 g/mol. The van der Waals surface area contributed by atoms with E-state index in [0.29, 0.717) is 12.0 Å². The number of hydrogen-bond donors (Lipinski definition) is 0. The van der Waals surface area contributed by atoms with Crippen LogP contribution < -0.4 is 4.90 Å². The van der Waals surface area contributed by atoms with Gasteiger partial charge in [0, 0.05) is 43.8 Å². The topological polar surface area (TPSA) is 71.7 Å². The minimum Gasteiger partial charge on any atom is -0.381 e. The second-order valence-electron chi connectivity index (χ2n) is 9.78. The summed E-state index contributed by atoms with van der Waals surface area (Å²) in [5.41, 5.74) is 5.26. The van der Waals surface area contributed by atoms with Crippen LogP contribution in [-0.4, -0.2) is 75.9 Å². The van der Waals surface area contributed by atoms with E-state index in [-0.39, 0.29) is 0 Å². The number of ether oxygens (including phenoxy) is 1. The maximum atomic E-state index is 6.80. The molecule has 2 fully saturated rings. The lowest BCUT2D eigenvalue weighted by Gasteiger charge is -2.36. The van der Waals surface area contributed by atoms with Crippen LogP contribution >= 0.6 is 11.6 Å². The SMILES string of the molecule is CN(C)C1CCN(c2ccc(-c3ccc4ncc5nnc(C6CCOCC6)n5c4n3)cc2Cl)CC1. The maximum absolute atomic E-state index is 6.80. The molecule has 0 spiro atoms. The van der Waals surface area contributed by atoms with E-state index in [4.69, 9.17) is 21.3 Å². The van der Waals surface area contributed by atoms with Crippen LogP contribution in [0.25, 0.3) is 28.1 Å². The average Bonchev–Trinajstić information content (AvgIpc) is 3.34. The maximum Gasteiger partial charge on any atom is 0.181 e. The molecule has 0 aliphatic carbocycles. The Kier molecular flexibility index (Phi) is 6.04. The molecule has 0 unspecified atom stereocenters. The van der Waals surface area contributed by atoms with E-state index >= 15 is 0 Å². The summed E-state index contributed by atoms with van der Waals surface area (Å²) < 4.78 is 7.61. The smallest absolute Gasteiger partial charge is 0.181 e. The number of anilines is 1. The van der Waals surface area contributed by atoms with Gasteiger partial charge in [-0.15, -0.1) is 10.2 Å². The zero-order chi connectivity index (χ0) is 23.9. The molecule has 8 nitrogen and oxygen atoms in total. The summed E-state index contributed by atoms with van der Waals surface area (Å²) >= 11 is 6.80. The predicted molar refractivity (Wildman–Crippen MR) is 138 cm³/mol. The highest BCUT2D eigenvalue weighted by Gasteiger charge is 2.24. The summed E-state index contributed by atoms with van der Waals surface area (Å²) in [6.07, 6.45) is 5.94. The Morgan fingerprint density at radius 2 is 1.80 bits per heavy atom. The molecule has 4 aromatic rings. The fourth-order valence-corrected chi connectivity index (χ4v) is 5.67. The van der Waals surface area contributed by atoms with Crippen LogP contribution in [0.15, 0.2) is 36.5 Å². The molecule has 0 amide bonds. The van der Waals surface area contributed by atoms with Gasteiger partial charge in [0.2, 0.25) is 0 Å². The number of aromatic nitrogens is 5. The van der Waals surface area contributed by atoms with Crippen molar-refractivity contribution >= 4 is 34.1 Å². The minimum absolute atomic E-state index is 0.306. The third kappa shape index (κ3) is 4.24. The van der Waals surface area contributed by atoms with Crippen molar-refractivity contribution in [2.75, 3.05) is 45.3 Å². The molecule has 5 heterocycles. The van der Waals surface area contributed by atoms with E-state index in [2.05, 4.69) is 55.6 Å². The van der Waals surface area contributed by atoms with Gasteiger partial charge in [0.25, 0.3) is 0 Å². The number of fused-ring (bicyclic) bond motifs is 3. The van der Waals surface area contributed by atoms with Crippen molar-refractivity contribution in [3.63, 3.8) is 0 Å². The van der Waals surface area contributed by atoms with Crippen molar-refractivity contribution in [3.8, 4) is 11.3 Å². The summed E-state index contributed by atoms with van der Waals surface area (Å²) in [7, 11) is 4.32. The van der Waals surface area contributed by atoms with Crippen LogP contribution in [0.3, 0.4) is 0 Å². The number of hydrogen-bond acceptors (Lipinski definition) is 7. The van der Waals surface area contributed by atoms with Gasteiger partial charge in [-0.2, -0.15) is 0 Å². The van der Waals surface area contributed by atoms with Crippen molar-refractivity contribution in [3.05, 3.63) is 47.4 Å². The Balaban J connectivity index is 1.34. The molecular formula is C26H30ClN7O.